The molecule has 0 heterocycles. The van der Waals surface area contributed by atoms with Crippen LogP contribution in [0.1, 0.15) is 38.8 Å². The van der Waals surface area contributed by atoms with Gasteiger partial charge in [-0.15, -0.1) is 0 Å². The molecular weight excluding hydrogens is 163 g/mol. The highest BCUT2D eigenvalue weighted by Crippen LogP contribution is 2.10. The fraction of sp³-hybridized carbons (Fsp3) is 0.500. The van der Waals surface area contributed by atoms with E-state index in [0.29, 0.717) is 0 Å². The van der Waals surface area contributed by atoms with Crippen molar-refractivity contribution in [3.63, 3.8) is 0 Å². The smallest absolute Gasteiger partial charge is 0.126 e. The van der Waals surface area contributed by atoms with Crippen LogP contribution >= 0.6 is 0 Å². The summed E-state index contributed by atoms with van der Waals surface area (Å²) in [6.07, 6.45) is 1.68. The lowest BCUT2D eigenvalue weighted by Crippen LogP contribution is -1.89. The second-order valence-electron chi connectivity index (χ2n) is 2.63. The molecule has 0 aliphatic carbocycles. The summed E-state index contributed by atoms with van der Waals surface area (Å²) in [6.45, 7) is 7.99. The Morgan fingerprint density at radius 1 is 1.08 bits per heavy atom. The molecule has 0 aromatic heterocycles. The third-order valence-electron chi connectivity index (χ3n) is 1.91. The standard InChI is InChI=1S/C10H13F.C2H6/c1-3-8-5-6-9(4-2)10(11)7-8;1-2/h5-7H,3-4H2,1-2H3;1-2H3. The van der Waals surface area contributed by atoms with E-state index in [-0.39, 0.29) is 5.82 Å². The summed E-state index contributed by atoms with van der Waals surface area (Å²) in [5, 5.41) is 0. The van der Waals surface area contributed by atoms with Crippen molar-refractivity contribution in [3.05, 3.63) is 35.1 Å². The van der Waals surface area contributed by atoms with Gasteiger partial charge in [0.05, 0.1) is 0 Å². The largest absolute Gasteiger partial charge is 0.207 e. The van der Waals surface area contributed by atoms with Gasteiger partial charge in [-0.3, -0.25) is 0 Å². The topological polar surface area (TPSA) is 0 Å². The molecule has 0 saturated carbocycles. The average molecular weight is 182 g/mol. The summed E-state index contributed by atoms with van der Waals surface area (Å²) in [4.78, 5) is 0. The lowest BCUT2D eigenvalue weighted by atomic mass is 10.1. The number of aryl methyl sites for hydroxylation is 2. The Morgan fingerprint density at radius 3 is 2.08 bits per heavy atom. The van der Waals surface area contributed by atoms with E-state index in [1.165, 1.54) is 0 Å². The van der Waals surface area contributed by atoms with E-state index in [0.717, 1.165) is 24.0 Å². The van der Waals surface area contributed by atoms with E-state index in [1.54, 1.807) is 6.07 Å². The Balaban J connectivity index is 0.000000671. The van der Waals surface area contributed by atoms with Crippen LogP contribution in [0.25, 0.3) is 0 Å². The van der Waals surface area contributed by atoms with Crippen molar-refractivity contribution in [2.75, 3.05) is 0 Å². The van der Waals surface area contributed by atoms with Gasteiger partial charge in [-0.1, -0.05) is 39.8 Å². The molecule has 0 aliphatic heterocycles. The van der Waals surface area contributed by atoms with E-state index in [1.807, 2.05) is 39.8 Å². The van der Waals surface area contributed by atoms with E-state index < -0.39 is 0 Å². The van der Waals surface area contributed by atoms with Gasteiger partial charge in [0.1, 0.15) is 5.82 Å². The van der Waals surface area contributed by atoms with E-state index in [2.05, 4.69) is 0 Å². The lowest BCUT2D eigenvalue weighted by Gasteiger charge is -2.01. The zero-order valence-corrected chi connectivity index (χ0v) is 9.02. The normalized spacial score (nSPS) is 9.00. The summed E-state index contributed by atoms with van der Waals surface area (Å²) in [5.74, 6) is -0.0631. The molecule has 74 valence electrons. The number of benzene rings is 1. The van der Waals surface area contributed by atoms with E-state index in [9.17, 15) is 4.39 Å². The number of hydrogen-bond acceptors (Lipinski definition) is 0. The van der Waals surface area contributed by atoms with Gasteiger partial charge in [-0.2, -0.15) is 0 Å². The zero-order valence-electron chi connectivity index (χ0n) is 9.02. The van der Waals surface area contributed by atoms with E-state index >= 15 is 0 Å². The van der Waals surface area contributed by atoms with Crippen molar-refractivity contribution in [2.45, 2.75) is 40.5 Å². The summed E-state index contributed by atoms with van der Waals surface area (Å²) < 4.78 is 13.0. The first kappa shape index (κ1) is 12.2. The minimum atomic E-state index is -0.0631. The molecule has 0 nitrogen and oxygen atoms in total. The molecule has 0 aliphatic rings. The highest BCUT2D eigenvalue weighted by Gasteiger charge is 1.99. The predicted molar refractivity (Wildman–Crippen MR) is 56.5 cm³/mol. The highest BCUT2D eigenvalue weighted by molar-refractivity contribution is 5.24. The molecule has 0 bridgehead atoms. The van der Waals surface area contributed by atoms with Crippen LogP contribution in [0.15, 0.2) is 18.2 Å². The monoisotopic (exact) mass is 182 g/mol. The number of hydrogen-bond donors (Lipinski definition) is 0. The maximum absolute atomic E-state index is 13.0. The van der Waals surface area contributed by atoms with Crippen molar-refractivity contribution < 1.29 is 4.39 Å². The second kappa shape index (κ2) is 6.64. The van der Waals surface area contributed by atoms with Gasteiger partial charge >= 0.3 is 0 Å². The Morgan fingerprint density at radius 2 is 1.69 bits per heavy atom. The molecule has 0 fully saturated rings. The lowest BCUT2D eigenvalue weighted by molar-refractivity contribution is 0.610. The molecule has 0 unspecified atom stereocenters. The Kier molecular flexibility index (Phi) is 6.21. The van der Waals surface area contributed by atoms with Crippen LogP contribution in [0.2, 0.25) is 0 Å². The summed E-state index contributed by atoms with van der Waals surface area (Å²) >= 11 is 0. The third-order valence-corrected chi connectivity index (χ3v) is 1.91. The second-order valence-corrected chi connectivity index (χ2v) is 2.63. The molecule has 1 aromatic rings. The molecular formula is C12H19F. The molecule has 1 rings (SSSR count). The maximum atomic E-state index is 13.0. The molecule has 0 saturated heterocycles. The minimum Gasteiger partial charge on any atom is -0.207 e. The molecule has 0 atom stereocenters. The summed E-state index contributed by atoms with van der Waals surface area (Å²) in [7, 11) is 0. The minimum absolute atomic E-state index is 0.0631. The molecule has 0 amide bonds. The van der Waals surface area contributed by atoms with E-state index in [4.69, 9.17) is 0 Å². The molecule has 13 heavy (non-hydrogen) atoms. The quantitative estimate of drug-likeness (QED) is 0.649. The molecule has 1 heteroatoms. The molecule has 1 aromatic carbocycles. The van der Waals surface area contributed by atoms with Gasteiger partial charge in [0.15, 0.2) is 0 Å². The number of halogens is 1. The molecule has 0 N–H and O–H groups in total. The van der Waals surface area contributed by atoms with Crippen LogP contribution < -0.4 is 0 Å². The summed E-state index contributed by atoms with van der Waals surface area (Å²) in [5.41, 5.74) is 1.88. The molecule has 0 spiro atoms. The Hall–Kier alpha value is -0.850. The first-order chi connectivity index (χ1) is 6.27. The van der Waals surface area contributed by atoms with Crippen LogP contribution in [-0.2, 0) is 12.8 Å². The molecule has 0 radical (unpaired) electrons. The Bertz CT molecular complexity index is 241. The van der Waals surface area contributed by atoms with Crippen molar-refractivity contribution in [3.8, 4) is 0 Å². The summed E-state index contributed by atoms with van der Waals surface area (Å²) in [6, 6.07) is 5.48. The van der Waals surface area contributed by atoms with Crippen LogP contribution in [-0.4, -0.2) is 0 Å². The maximum Gasteiger partial charge on any atom is 0.126 e. The van der Waals surface area contributed by atoms with Crippen LogP contribution in [0.4, 0.5) is 4.39 Å². The number of rotatable bonds is 2. The SMILES string of the molecule is CC.CCc1ccc(CC)c(F)c1. The van der Waals surface area contributed by atoms with Crippen molar-refractivity contribution in [2.24, 2.45) is 0 Å². The van der Waals surface area contributed by atoms with Crippen LogP contribution in [0.5, 0.6) is 0 Å². The van der Waals surface area contributed by atoms with Gasteiger partial charge in [0, 0.05) is 0 Å². The van der Waals surface area contributed by atoms with Gasteiger partial charge < -0.3 is 0 Å². The van der Waals surface area contributed by atoms with Crippen LogP contribution in [0, 0.1) is 5.82 Å². The third kappa shape index (κ3) is 3.58. The highest BCUT2D eigenvalue weighted by atomic mass is 19.1. The Labute approximate surface area is 80.8 Å². The first-order valence-corrected chi connectivity index (χ1v) is 5.05. The first-order valence-electron chi connectivity index (χ1n) is 5.05. The van der Waals surface area contributed by atoms with Gasteiger partial charge in [0.25, 0.3) is 0 Å². The van der Waals surface area contributed by atoms with Gasteiger partial charge in [0.2, 0.25) is 0 Å². The van der Waals surface area contributed by atoms with Crippen molar-refractivity contribution in [1.82, 2.24) is 0 Å². The van der Waals surface area contributed by atoms with Crippen molar-refractivity contribution >= 4 is 0 Å². The zero-order chi connectivity index (χ0) is 10.3. The van der Waals surface area contributed by atoms with Crippen molar-refractivity contribution in [1.29, 1.82) is 0 Å². The van der Waals surface area contributed by atoms with Gasteiger partial charge in [-0.05, 0) is 30.0 Å². The fourth-order valence-corrected chi connectivity index (χ4v) is 1.10. The predicted octanol–water partition coefficient (Wildman–Crippen LogP) is 3.98. The van der Waals surface area contributed by atoms with Crippen LogP contribution in [0.3, 0.4) is 0 Å². The average Bonchev–Trinajstić information content (AvgIpc) is 2.20. The van der Waals surface area contributed by atoms with Gasteiger partial charge in [-0.25, -0.2) is 4.39 Å². The fourth-order valence-electron chi connectivity index (χ4n) is 1.10.